The molecule has 0 rings (SSSR count). The van der Waals surface area contributed by atoms with E-state index in [1.807, 2.05) is 24.5 Å². The molecule has 6 N–H and O–H groups in total. The van der Waals surface area contributed by atoms with Crippen LogP contribution in [0.3, 0.4) is 0 Å². The first-order valence-corrected chi connectivity index (χ1v) is 11.0. The highest BCUT2D eigenvalue weighted by Gasteiger charge is 2.24. The van der Waals surface area contributed by atoms with E-state index in [0.29, 0.717) is 17.9 Å². The highest BCUT2D eigenvalue weighted by atomic mass is 32.2. The third-order valence-corrected chi connectivity index (χ3v) is 5.21. The number of nitrogens with two attached hydrogens (primary N) is 2. The summed E-state index contributed by atoms with van der Waals surface area (Å²) in [5.41, 5.74) is 11.6. The van der Waals surface area contributed by atoms with E-state index in [9.17, 15) is 14.7 Å². The van der Waals surface area contributed by atoms with E-state index in [1.165, 1.54) is 11.8 Å². The Morgan fingerprint density at radius 2 is 1.81 bits per heavy atom. The molecule has 0 aliphatic heterocycles. The van der Waals surface area contributed by atoms with Crippen molar-refractivity contribution >= 4 is 36.3 Å². The van der Waals surface area contributed by atoms with Crippen molar-refractivity contribution in [2.45, 2.75) is 39.3 Å². The van der Waals surface area contributed by atoms with Gasteiger partial charge in [-0.2, -0.15) is 24.4 Å². The van der Waals surface area contributed by atoms with Crippen LogP contribution in [0.25, 0.3) is 0 Å². The van der Waals surface area contributed by atoms with Crippen LogP contribution in [0.5, 0.6) is 0 Å². The number of hydrogen-bond acceptors (Lipinski definition) is 6. The maximum absolute atomic E-state index is 12.5. The molecule has 0 aromatic carbocycles. The average Bonchev–Trinajstić information content (AvgIpc) is 2.59. The largest absolute Gasteiger partial charge is 0.480 e. The number of carbonyl (C=O) groups excluding carboxylic acids is 1. The molecule has 0 bridgehead atoms. The van der Waals surface area contributed by atoms with Crippen LogP contribution in [0.15, 0.2) is 24.3 Å². The summed E-state index contributed by atoms with van der Waals surface area (Å²) in [5.74, 6) is -0.727. The molecule has 27 heavy (non-hydrogen) atoms. The fourth-order valence-corrected chi connectivity index (χ4v) is 2.86. The molecule has 0 aliphatic rings. The number of thiol groups is 1. The molecule has 0 heterocycles. The first-order valence-electron chi connectivity index (χ1n) is 9.02. The summed E-state index contributed by atoms with van der Waals surface area (Å²) in [6, 6.07) is -1.04. The van der Waals surface area contributed by atoms with Gasteiger partial charge in [-0.25, -0.2) is 4.79 Å². The van der Waals surface area contributed by atoms with Crippen LogP contribution in [0.4, 0.5) is 0 Å². The highest BCUT2D eigenvalue weighted by Crippen LogP contribution is 2.28. The van der Waals surface area contributed by atoms with Gasteiger partial charge in [0, 0.05) is 18.3 Å². The Labute approximate surface area is 173 Å². The van der Waals surface area contributed by atoms with Gasteiger partial charge in [0.2, 0.25) is 5.91 Å². The number of allylic oxidation sites excluding steroid dienone is 2. The molecule has 0 fully saturated rings. The van der Waals surface area contributed by atoms with Crippen molar-refractivity contribution in [3.63, 3.8) is 0 Å². The SMILES string of the molecule is CSCC[C@H](NC(=O)C(/C=C/[C@@H](/C=C/C(N)CS)C(C)(C)C)CN)C(=O)O. The molecule has 4 atom stereocenters. The van der Waals surface area contributed by atoms with Gasteiger partial charge in [-0.15, -0.1) is 0 Å². The zero-order valence-corrected chi connectivity index (χ0v) is 18.4. The molecular formula is C19H35N3O3S2. The van der Waals surface area contributed by atoms with E-state index in [1.54, 1.807) is 6.08 Å². The second kappa shape index (κ2) is 13.3. The maximum Gasteiger partial charge on any atom is 0.326 e. The monoisotopic (exact) mass is 417 g/mol. The van der Waals surface area contributed by atoms with Crippen molar-refractivity contribution in [3.8, 4) is 0 Å². The van der Waals surface area contributed by atoms with E-state index in [-0.39, 0.29) is 29.8 Å². The van der Waals surface area contributed by atoms with E-state index in [0.717, 1.165) is 0 Å². The second-order valence-corrected chi connectivity index (χ2v) is 8.88. The van der Waals surface area contributed by atoms with Crippen LogP contribution < -0.4 is 16.8 Å². The topological polar surface area (TPSA) is 118 Å². The maximum atomic E-state index is 12.5. The van der Waals surface area contributed by atoms with Gasteiger partial charge in [-0.1, -0.05) is 45.1 Å². The summed E-state index contributed by atoms with van der Waals surface area (Å²) in [4.78, 5) is 23.8. The molecule has 0 aromatic heterocycles. The molecule has 0 saturated carbocycles. The van der Waals surface area contributed by atoms with Crippen molar-refractivity contribution in [3.05, 3.63) is 24.3 Å². The lowest BCUT2D eigenvalue weighted by atomic mass is 9.79. The molecule has 0 radical (unpaired) electrons. The van der Waals surface area contributed by atoms with E-state index in [4.69, 9.17) is 11.5 Å². The Hall–Kier alpha value is -0.960. The first kappa shape index (κ1) is 26.0. The Morgan fingerprint density at radius 3 is 2.26 bits per heavy atom. The van der Waals surface area contributed by atoms with Gasteiger partial charge in [-0.05, 0) is 29.8 Å². The number of hydrogen-bond donors (Lipinski definition) is 5. The van der Waals surface area contributed by atoms with Crippen molar-refractivity contribution in [2.24, 2.45) is 28.7 Å². The summed E-state index contributed by atoms with van der Waals surface area (Å²) in [6.45, 7) is 6.39. The molecule has 6 nitrogen and oxygen atoms in total. The van der Waals surface area contributed by atoms with Crippen LogP contribution >= 0.6 is 24.4 Å². The zero-order valence-electron chi connectivity index (χ0n) is 16.7. The van der Waals surface area contributed by atoms with Crippen LogP contribution in [0.1, 0.15) is 27.2 Å². The smallest absolute Gasteiger partial charge is 0.326 e. The molecule has 156 valence electrons. The lowest BCUT2D eigenvalue weighted by Gasteiger charge is -2.26. The molecule has 8 heteroatoms. The predicted octanol–water partition coefficient (Wildman–Crippen LogP) is 1.92. The first-order chi connectivity index (χ1) is 12.6. The van der Waals surface area contributed by atoms with Crippen LogP contribution in [0, 0.1) is 17.3 Å². The minimum atomic E-state index is -1.03. The molecule has 0 aliphatic carbocycles. The average molecular weight is 418 g/mol. The summed E-state index contributed by atoms with van der Waals surface area (Å²) in [5, 5.41) is 11.9. The van der Waals surface area contributed by atoms with Crippen molar-refractivity contribution in [2.75, 3.05) is 24.3 Å². The number of carbonyl (C=O) groups is 2. The quantitative estimate of drug-likeness (QED) is 0.244. The Kier molecular flexibility index (Phi) is 12.8. The highest BCUT2D eigenvalue weighted by molar-refractivity contribution is 7.98. The Bertz CT molecular complexity index is 519. The number of thioether (sulfide) groups is 1. The lowest BCUT2D eigenvalue weighted by molar-refractivity contribution is -0.142. The molecule has 2 unspecified atom stereocenters. The summed E-state index contributed by atoms with van der Waals surface area (Å²) < 4.78 is 0. The number of nitrogens with one attached hydrogen (secondary N) is 1. The van der Waals surface area contributed by atoms with Gasteiger partial charge < -0.3 is 21.9 Å². The third kappa shape index (κ3) is 10.8. The summed E-state index contributed by atoms with van der Waals surface area (Å²) in [7, 11) is 0. The zero-order chi connectivity index (χ0) is 21.0. The van der Waals surface area contributed by atoms with E-state index < -0.39 is 17.9 Å². The molecule has 0 saturated heterocycles. The van der Waals surface area contributed by atoms with Crippen molar-refractivity contribution < 1.29 is 14.7 Å². The van der Waals surface area contributed by atoms with Gasteiger partial charge in [-0.3, -0.25) is 4.79 Å². The molecule has 1 amide bonds. The van der Waals surface area contributed by atoms with Gasteiger partial charge in [0.15, 0.2) is 0 Å². The Morgan fingerprint density at radius 1 is 1.22 bits per heavy atom. The summed E-state index contributed by atoms with van der Waals surface area (Å²) in [6.07, 6.45) is 9.89. The van der Waals surface area contributed by atoms with Crippen molar-refractivity contribution in [1.29, 1.82) is 0 Å². The molecule has 0 aromatic rings. The second-order valence-electron chi connectivity index (χ2n) is 7.53. The lowest BCUT2D eigenvalue weighted by Crippen LogP contribution is -2.45. The summed E-state index contributed by atoms with van der Waals surface area (Å²) >= 11 is 5.72. The predicted molar refractivity (Wildman–Crippen MR) is 118 cm³/mol. The van der Waals surface area contributed by atoms with Crippen LogP contribution in [-0.4, -0.2) is 53.4 Å². The standard InChI is InChI=1S/C19H35N3O3S2/c1-19(2,3)14(7-8-15(21)12-26)6-5-13(11-20)17(23)22-16(18(24)25)9-10-27-4/h5-8,13-16,26H,9-12,20-21H2,1-4H3,(H,22,23)(H,24,25)/b6-5+,8-7+/t13?,14-,15?,16-/m0/s1. The number of aliphatic carboxylic acids is 1. The minimum Gasteiger partial charge on any atom is -0.480 e. The van der Waals surface area contributed by atoms with Crippen molar-refractivity contribution in [1.82, 2.24) is 5.32 Å². The van der Waals surface area contributed by atoms with E-state index in [2.05, 4.69) is 38.7 Å². The van der Waals surface area contributed by atoms with Gasteiger partial charge >= 0.3 is 5.97 Å². The van der Waals surface area contributed by atoms with Gasteiger partial charge in [0.1, 0.15) is 6.04 Å². The van der Waals surface area contributed by atoms with E-state index >= 15 is 0 Å². The van der Waals surface area contributed by atoms with Crippen LogP contribution in [0.2, 0.25) is 0 Å². The number of rotatable bonds is 12. The normalized spacial score (nSPS) is 17.0. The number of carboxylic acids is 1. The van der Waals surface area contributed by atoms with Crippen LogP contribution in [-0.2, 0) is 9.59 Å². The molecule has 0 spiro atoms. The van der Waals surface area contributed by atoms with Gasteiger partial charge in [0.05, 0.1) is 5.92 Å². The number of carboxylic acid groups (broad SMARTS) is 1. The molecular weight excluding hydrogens is 382 g/mol. The fourth-order valence-electron chi connectivity index (χ4n) is 2.26. The van der Waals surface area contributed by atoms with Gasteiger partial charge in [0.25, 0.3) is 0 Å². The fraction of sp³-hybridized carbons (Fsp3) is 0.684. The Balaban J connectivity index is 5.19. The minimum absolute atomic E-state index is 0.0528. The third-order valence-electron chi connectivity index (χ3n) is 4.14. The number of amides is 1.